The van der Waals surface area contributed by atoms with Crippen LogP contribution in [0.4, 0.5) is 0 Å². The number of primary amides is 1. The highest BCUT2D eigenvalue weighted by atomic mass is 32.2. The fraction of sp³-hybridized carbons (Fsp3) is 0.629. The van der Waals surface area contributed by atoms with Gasteiger partial charge in [-0.1, -0.05) is 15.4 Å². The first-order valence-corrected chi connectivity index (χ1v) is 20.2. The molecule has 7 amide bonds. The molecule has 1 aromatic carbocycles. The summed E-state index contributed by atoms with van der Waals surface area (Å²) in [6.45, 7) is -1.15. The third kappa shape index (κ3) is 12.6. The Morgan fingerprint density at radius 1 is 0.862 bits per heavy atom. The zero-order chi connectivity index (χ0) is 48.6. The summed E-state index contributed by atoms with van der Waals surface area (Å²) in [5, 5.41) is 128. The molecule has 0 spiro atoms. The van der Waals surface area contributed by atoms with Crippen LogP contribution < -0.4 is 36.9 Å². The third-order valence-corrected chi connectivity index (χ3v) is 11.2. The van der Waals surface area contributed by atoms with E-state index in [2.05, 4.69) is 20.0 Å². The summed E-state index contributed by atoms with van der Waals surface area (Å²) < 4.78 is 9.06. The average Bonchev–Trinajstić information content (AvgIpc) is 3.81. The van der Waals surface area contributed by atoms with Crippen molar-refractivity contribution < 1.29 is 103 Å². The molecule has 15 unspecified atom stereocenters. The van der Waals surface area contributed by atoms with E-state index in [1.54, 1.807) is 0 Å². The normalized spacial score (nSPS) is 31.8. The highest BCUT2D eigenvalue weighted by molar-refractivity contribution is 7.90. The molecule has 0 aliphatic carbocycles. The molecule has 19 N–H and O–H groups in total. The van der Waals surface area contributed by atoms with Crippen molar-refractivity contribution in [2.24, 2.45) is 17.4 Å². The van der Waals surface area contributed by atoms with Gasteiger partial charge >= 0.3 is 0 Å². The van der Waals surface area contributed by atoms with Gasteiger partial charge in [-0.2, -0.15) is 0 Å². The molecule has 0 radical (unpaired) electrons. The second kappa shape index (κ2) is 22.9. The van der Waals surface area contributed by atoms with Crippen molar-refractivity contribution in [3.05, 3.63) is 23.8 Å². The number of aliphatic hydroxyl groups is 9. The van der Waals surface area contributed by atoms with Crippen molar-refractivity contribution in [2.45, 2.75) is 111 Å². The van der Waals surface area contributed by atoms with Gasteiger partial charge in [0.2, 0.25) is 41.4 Å². The van der Waals surface area contributed by atoms with Crippen molar-refractivity contribution in [3.8, 4) is 11.5 Å². The highest BCUT2D eigenvalue weighted by Crippen LogP contribution is 2.34. The molecule has 4 rings (SSSR count). The van der Waals surface area contributed by atoms with Crippen molar-refractivity contribution in [1.29, 1.82) is 0 Å². The van der Waals surface area contributed by atoms with Gasteiger partial charge in [0.25, 0.3) is 12.3 Å². The Balaban J connectivity index is 1.87. The van der Waals surface area contributed by atoms with Crippen LogP contribution in [0.15, 0.2) is 18.2 Å². The van der Waals surface area contributed by atoms with Gasteiger partial charge in [0.1, 0.15) is 48.5 Å². The molecule has 3 heterocycles. The van der Waals surface area contributed by atoms with E-state index in [-0.39, 0.29) is 17.9 Å². The molecule has 0 aromatic heterocycles. The number of nitrogens with two attached hydrogens (primary N) is 2. The quantitative estimate of drug-likeness (QED) is 0.0400. The van der Waals surface area contributed by atoms with Crippen LogP contribution in [0, 0.1) is 5.92 Å². The number of hydrogen-bond acceptors (Lipinski definition) is 23. The highest BCUT2D eigenvalue weighted by Gasteiger charge is 2.51. The van der Waals surface area contributed by atoms with E-state index in [1.807, 2.05) is 10.6 Å². The Kier molecular flexibility index (Phi) is 18.5. The van der Waals surface area contributed by atoms with Gasteiger partial charge in [0.15, 0.2) is 17.7 Å². The number of carbonyl (C=O) groups excluding carboxylic acids is 7. The Morgan fingerprint density at radius 3 is 2.11 bits per heavy atom. The van der Waals surface area contributed by atoms with E-state index >= 15 is 0 Å². The zero-order valence-electron chi connectivity index (χ0n) is 34.1. The number of hydrogen-bond donors (Lipinski definition) is 17. The molecule has 65 heavy (non-hydrogen) atoms. The number of carbonyl (C=O) groups is 7. The third-order valence-electron chi connectivity index (χ3n) is 10.9. The molecule has 364 valence electrons. The minimum atomic E-state index is -2.54. The molecule has 3 aliphatic rings. The lowest BCUT2D eigenvalue weighted by Gasteiger charge is -2.34. The minimum Gasteiger partial charge on any atom is -0.504 e. The van der Waals surface area contributed by atoms with E-state index in [1.165, 1.54) is 0 Å². The number of aromatic hydroxyl groups is 1. The van der Waals surface area contributed by atoms with E-state index < -0.39 is 183 Å². The van der Waals surface area contributed by atoms with Gasteiger partial charge in [-0.3, -0.25) is 33.6 Å². The lowest BCUT2D eigenvalue weighted by molar-refractivity contribution is -0.433. The lowest BCUT2D eigenvalue weighted by Crippen LogP contribution is -2.64. The number of phenolic OH excluding ortho intramolecular Hbond substituents is 1. The van der Waals surface area contributed by atoms with E-state index in [9.17, 15) is 84.6 Å². The Hall–Kier alpha value is -5.06. The number of rotatable bonds is 12. The van der Waals surface area contributed by atoms with Gasteiger partial charge in [-0.25, -0.2) is 5.26 Å². The van der Waals surface area contributed by atoms with E-state index in [0.717, 1.165) is 25.1 Å². The first kappa shape index (κ1) is 52.6. The maximum atomic E-state index is 14.4. The predicted octanol–water partition coefficient (Wildman–Crippen LogP) is -9.11. The van der Waals surface area contributed by atoms with Crippen molar-refractivity contribution in [2.75, 3.05) is 19.7 Å². The fourth-order valence-corrected chi connectivity index (χ4v) is 7.67. The summed E-state index contributed by atoms with van der Waals surface area (Å²) >= 11 is -0.0359. The summed E-state index contributed by atoms with van der Waals surface area (Å²) in [5.41, 5.74) is 10.8. The Morgan fingerprint density at radius 2 is 1.49 bits per heavy atom. The number of nitrogens with one attached hydrogen (secondary N) is 4. The molecular weight excluding hydrogens is 900 g/mol. The molecule has 3 saturated heterocycles. The smallest absolute Gasteiger partial charge is 0.261 e. The molecule has 29 nitrogen and oxygen atoms in total. The molecule has 1 aromatic rings. The van der Waals surface area contributed by atoms with Crippen LogP contribution in [0.5, 0.6) is 11.5 Å². The summed E-state index contributed by atoms with van der Waals surface area (Å²) in [6, 6.07) is -9.64. The van der Waals surface area contributed by atoms with Crippen LogP contribution in [0.1, 0.15) is 37.9 Å². The second-order valence-electron chi connectivity index (χ2n) is 15.5. The zero-order valence-corrected chi connectivity index (χ0v) is 34.9. The number of benzene rings is 1. The number of fused-ring (bicyclic) bond motifs is 2. The van der Waals surface area contributed by atoms with Crippen LogP contribution in [-0.4, -0.2) is 206 Å². The minimum absolute atomic E-state index is 0.0359. The molecule has 3 aliphatic heterocycles. The standard InChI is InChI=1S/C35H52N8O21S/c1-11(45)22-34(59)42-9-14(46)5-16(42)30(55)40-24(28(53)27(52)12-2-3-17(47)20(4-12)62-65-64-63-61)32(57)39-23(18(48)7-21(37)50)35(60)43-8-13(10-44)26(51)25(43)33(58)41-31(56)19(49)6-15(36)29(54)38-22/h2-4,11,13-16,18-19,22-28,31,44-49,51-53,56,61H,5-10,36H2,1H3,(H2,37,50)(H,38,54)(H,39,57)(H,40,55)(H,41,58). The van der Waals surface area contributed by atoms with Gasteiger partial charge in [0.05, 0.1) is 43.5 Å². The maximum Gasteiger partial charge on any atom is 0.261 e. The second-order valence-corrected chi connectivity index (χ2v) is 16.0. The van der Waals surface area contributed by atoms with E-state index in [0.29, 0.717) is 9.80 Å². The summed E-state index contributed by atoms with van der Waals surface area (Å²) in [7, 11) is 0. The van der Waals surface area contributed by atoms with Crippen molar-refractivity contribution >= 4 is 53.7 Å². The molecule has 30 heteroatoms. The molecule has 3 fully saturated rings. The summed E-state index contributed by atoms with van der Waals surface area (Å²) in [6.07, 6.45) is -19.2. The fourth-order valence-electron chi connectivity index (χ4n) is 7.41. The van der Waals surface area contributed by atoms with Crippen LogP contribution in [0.25, 0.3) is 0 Å². The number of nitrogens with zero attached hydrogens (tertiary/aromatic N) is 2. The Labute approximate surface area is 371 Å². The first-order valence-electron chi connectivity index (χ1n) is 19.6. The van der Waals surface area contributed by atoms with Crippen LogP contribution in [0.3, 0.4) is 0 Å². The first-order chi connectivity index (χ1) is 30.5. The maximum absolute atomic E-state index is 14.4. The number of aliphatic hydroxyl groups excluding tert-OH is 9. The number of amides is 7. The average molecular weight is 953 g/mol. The van der Waals surface area contributed by atoms with Crippen LogP contribution in [0.2, 0.25) is 0 Å². The van der Waals surface area contributed by atoms with Crippen LogP contribution >= 0.6 is 12.3 Å². The monoisotopic (exact) mass is 952 g/mol. The summed E-state index contributed by atoms with van der Waals surface area (Å²) in [5.74, 6) is -12.0. The number of phenols is 1. The van der Waals surface area contributed by atoms with Crippen molar-refractivity contribution in [3.63, 3.8) is 0 Å². The molecule has 15 atom stereocenters. The van der Waals surface area contributed by atoms with Gasteiger partial charge in [-0.15, -0.1) is 0 Å². The topological polar surface area (TPSA) is 476 Å². The lowest BCUT2D eigenvalue weighted by atomic mass is 9.96. The largest absolute Gasteiger partial charge is 0.504 e. The van der Waals surface area contributed by atoms with E-state index in [4.69, 9.17) is 20.9 Å². The molecule has 0 bridgehead atoms. The van der Waals surface area contributed by atoms with Crippen molar-refractivity contribution in [1.82, 2.24) is 31.1 Å². The molecular formula is C35H52N8O21S. The Bertz CT molecular complexity index is 1900. The SMILES string of the molecule is CC(O)C1NC(=O)C(N)CC(O)C(O)NC(=O)C2C(O)C(CO)CN2C(=O)C(C(O)CC(N)=O)NC(=O)C(C(O)C(O)c2ccc(O)c(OSOOO)c2)NC(=O)C2CC(O)CN2C1=O. The van der Waals surface area contributed by atoms with Gasteiger partial charge in [-0.05, 0) is 24.6 Å². The predicted molar refractivity (Wildman–Crippen MR) is 210 cm³/mol. The van der Waals surface area contributed by atoms with Gasteiger partial charge < -0.3 is 97.8 Å². The van der Waals surface area contributed by atoms with Crippen LogP contribution in [-0.2, 0) is 42.9 Å². The summed E-state index contributed by atoms with van der Waals surface area (Å²) in [4.78, 5) is 96.9. The van der Waals surface area contributed by atoms with Gasteiger partial charge in [0, 0.05) is 31.8 Å². The molecule has 0 saturated carbocycles.